The molecule has 3 N–H and O–H groups in total. The van der Waals surface area contributed by atoms with Crippen molar-refractivity contribution in [2.45, 2.75) is 4.43 Å². The van der Waals surface area contributed by atoms with Gasteiger partial charge in [-0.3, -0.25) is 4.79 Å². The number of halogens is 1. The molecular formula is C22H17IN4O. The van der Waals surface area contributed by atoms with Gasteiger partial charge >= 0.3 is 0 Å². The minimum Gasteiger partial charge on any atom is -0.368 e. The number of nitrogens with zero attached hydrogens (tertiary/aromatic N) is 2. The van der Waals surface area contributed by atoms with E-state index in [0.29, 0.717) is 5.56 Å². The second kappa shape index (κ2) is 7.93. The highest BCUT2D eigenvalue weighted by Crippen LogP contribution is 2.25. The lowest BCUT2D eigenvalue weighted by Gasteiger charge is -2.09. The molecule has 3 aromatic carbocycles. The number of amides is 1. The van der Waals surface area contributed by atoms with E-state index in [1.807, 2.05) is 66.7 Å². The van der Waals surface area contributed by atoms with Gasteiger partial charge in [0.1, 0.15) is 0 Å². The van der Waals surface area contributed by atoms with Gasteiger partial charge in [0.2, 0.25) is 5.95 Å². The topological polar surface area (TPSA) is 80.9 Å². The summed E-state index contributed by atoms with van der Waals surface area (Å²) in [5.41, 5.74) is 10.9. The molecule has 1 amide bonds. The van der Waals surface area contributed by atoms with E-state index in [2.05, 4.69) is 37.9 Å². The van der Waals surface area contributed by atoms with Gasteiger partial charge in [-0.25, -0.2) is 9.97 Å². The van der Waals surface area contributed by atoms with Crippen LogP contribution in [0.15, 0.2) is 72.9 Å². The number of rotatable bonds is 4. The summed E-state index contributed by atoms with van der Waals surface area (Å²) in [4.78, 5) is 21.0. The smallest absolute Gasteiger partial charge is 0.255 e. The Hall–Kier alpha value is -3.00. The lowest BCUT2D eigenvalue weighted by molar-refractivity contribution is 0.102. The van der Waals surface area contributed by atoms with Gasteiger partial charge in [-0.2, -0.15) is 0 Å². The third-order valence-corrected chi connectivity index (χ3v) is 5.28. The third-order valence-electron chi connectivity index (χ3n) is 4.40. The number of benzene rings is 3. The second-order valence-corrected chi connectivity index (χ2v) is 7.13. The zero-order chi connectivity index (χ0) is 19.5. The van der Waals surface area contributed by atoms with Gasteiger partial charge in [-0.1, -0.05) is 52.9 Å². The van der Waals surface area contributed by atoms with Crippen molar-refractivity contribution in [3.63, 3.8) is 0 Å². The van der Waals surface area contributed by atoms with Crippen LogP contribution < -0.4 is 11.1 Å². The van der Waals surface area contributed by atoms with E-state index in [1.165, 1.54) is 5.56 Å². The molecule has 5 nitrogen and oxygen atoms in total. The van der Waals surface area contributed by atoms with E-state index in [-0.39, 0.29) is 11.9 Å². The maximum Gasteiger partial charge on any atom is 0.255 e. The Morgan fingerprint density at radius 1 is 1.00 bits per heavy atom. The molecule has 0 spiro atoms. The molecule has 138 valence electrons. The first kappa shape index (κ1) is 18.4. The highest BCUT2D eigenvalue weighted by Gasteiger charge is 2.09. The number of anilines is 2. The van der Waals surface area contributed by atoms with Crippen LogP contribution in [0, 0.1) is 0 Å². The molecule has 0 fully saturated rings. The maximum absolute atomic E-state index is 12.7. The van der Waals surface area contributed by atoms with Gasteiger partial charge in [0.15, 0.2) is 0 Å². The lowest BCUT2D eigenvalue weighted by Crippen LogP contribution is -2.12. The van der Waals surface area contributed by atoms with Crippen LogP contribution in [0.5, 0.6) is 0 Å². The van der Waals surface area contributed by atoms with Crippen LogP contribution in [0.3, 0.4) is 0 Å². The largest absolute Gasteiger partial charge is 0.368 e. The Bertz CT molecular complexity index is 1180. The minimum atomic E-state index is -0.135. The summed E-state index contributed by atoms with van der Waals surface area (Å²) in [7, 11) is 0. The van der Waals surface area contributed by atoms with Crippen molar-refractivity contribution in [1.82, 2.24) is 9.97 Å². The van der Waals surface area contributed by atoms with Crippen molar-refractivity contribution in [1.29, 1.82) is 0 Å². The molecule has 4 aromatic rings. The van der Waals surface area contributed by atoms with Crippen molar-refractivity contribution in [3.8, 4) is 11.1 Å². The highest BCUT2D eigenvalue weighted by molar-refractivity contribution is 14.1. The molecule has 0 saturated heterocycles. The molecule has 0 unspecified atom stereocenters. The number of fused-ring (bicyclic) bond motifs is 1. The lowest BCUT2D eigenvalue weighted by atomic mass is 10.0. The summed E-state index contributed by atoms with van der Waals surface area (Å²) >= 11 is 2.31. The summed E-state index contributed by atoms with van der Waals surface area (Å²) in [6, 6.07) is 21.3. The quantitative estimate of drug-likeness (QED) is 0.316. The number of aromatic nitrogens is 2. The normalized spacial score (nSPS) is 10.8. The van der Waals surface area contributed by atoms with Crippen LogP contribution in [0.4, 0.5) is 11.6 Å². The standard InChI is InChI=1S/C22H17IN4O/c23-12-14-3-1-6-19(9-14)26-21(28)17-5-2-4-15(10-17)16-7-8-20-18(11-16)13-25-22(24)27-20/h1-11,13H,12H2,(H,26,28)(H2,24,25,27). The average Bonchev–Trinajstić information content (AvgIpc) is 2.73. The predicted molar refractivity (Wildman–Crippen MR) is 122 cm³/mol. The Morgan fingerprint density at radius 2 is 1.82 bits per heavy atom. The molecular weight excluding hydrogens is 463 g/mol. The molecule has 0 bridgehead atoms. The number of hydrogen-bond acceptors (Lipinski definition) is 4. The van der Waals surface area contributed by atoms with Crippen molar-refractivity contribution < 1.29 is 4.79 Å². The van der Waals surface area contributed by atoms with Crippen molar-refractivity contribution in [2.75, 3.05) is 11.1 Å². The second-order valence-electron chi connectivity index (χ2n) is 6.37. The SMILES string of the molecule is Nc1ncc2cc(-c3cccc(C(=O)Nc4cccc(CI)c4)c3)ccc2n1. The van der Waals surface area contributed by atoms with Crippen LogP contribution in [0.1, 0.15) is 15.9 Å². The first-order chi connectivity index (χ1) is 13.6. The van der Waals surface area contributed by atoms with Gasteiger partial charge in [0.25, 0.3) is 5.91 Å². The zero-order valence-corrected chi connectivity index (χ0v) is 17.1. The Labute approximate surface area is 176 Å². The molecule has 28 heavy (non-hydrogen) atoms. The molecule has 0 aliphatic carbocycles. The van der Waals surface area contributed by atoms with E-state index in [9.17, 15) is 4.79 Å². The fourth-order valence-electron chi connectivity index (χ4n) is 3.00. The van der Waals surface area contributed by atoms with Crippen LogP contribution >= 0.6 is 22.6 Å². The number of nitrogens with two attached hydrogens (primary N) is 1. The van der Waals surface area contributed by atoms with Gasteiger partial charge in [-0.05, 0) is 53.1 Å². The van der Waals surface area contributed by atoms with Crippen molar-refractivity contribution in [3.05, 3.63) is 84.1 Å². The van der Waals surface area contributed by atoms with E-state index in [4.69, 9.17) is 5.73 Å². The Morgan fingerprint density at radius 3 is 2.68 bits per heavy atom. The molecule has 0 atom stereocenters. The number of hydrogen-bond donors (Lipinski definition) is 2. The monoisotopic (exact) mass is 480 g/mol. The van der Waals surface area contributed by atoms with Gasteiger partial charge in [0, 0.05) is 27.3 Å². The molecule has 1 heterocycles. The fourth-order valence-corrected chi connectivity index (χ4v) is 3.48. The fraction of sp³-hybridized carbons (Fsp3) is 0.0455. The molecule has 4 rings (SSSR count). The molecule has 6 heteroatoms. The number of carbonyl (C=O) groups is 1. The van der Waals surface area contributed by atoms with E-state index < -0.39 is 0 Å². The number of alkyl halides is 1. The highest BCUT2D eigenvalue weighted by atomic mass is 127. The minimum absolute atomic E-state index is 0.135. The molecule has 0 radical (unpaired) electrons. The van der Waals surface area contributed by atoms with Crippen molar-refractivity contribution >= 4 is 51.0 Å². The van der Waals surface area contributed by atoms with Gasteiger partial charge < -0.3 is 11.1 Å². The summed E-state index contributed by atoms with van der Waals surface area (Å²) in [6.07, 6.45) is 1.71. The summed E-state index contributed by atoms with van der Waals surface area (Å²) < 4.78 is 0.897. The van der Waals surface area contributed by atoms with Crippen LogP contribution in [-0.2, 0) is 4.43 Å². The van der Waals surface area contributed by atoms with Crippen molar-refractivity contribution in [2.24, 2.45) is 0 Å². The Balaban J connectivity index is 1.62. The summed E-state index contributed by atoms with van der Waals surface area (Å²) in [5.74, 6) is 0.120. The molecule has 0 aliphatic rings. The predicted octanol–water partition coefficient (Wildman–Crippen LogP) is 5.07. The van der Waals surface area contributed by atoms with Crippen LogP contribution in [0.2, 0.25) is 0 Å². The first-order valence-electron chi connectivity index (χ1n) is 8.71. The van der Waals surface area contributed by atoms with Gasteiger partial charge in [-0.15, -0.1) is 0 Å². The molecule has 0 saturated carbocycles. The van der Waals surface area contributed by atoms with Crippen LogP contribution in [-0.4, -0.2) is 15.9 Å². The number of nitrogen functional groups attached to an aromatic ring is 1. The number of nitrogens with one attached hydrogen (secondary N) is 1. The molecule has 0 aliphatic heterocycles. The summed E-state index contributed by atoms with van der Waals surface area (Å²) in [5, 5.41) is 3.87. The van der Waals surface area contributed by atoms with E-state index in [0.717, 1.165) is 32.1 Å². The zero-order valence-electron chi connectivity index (χ0n) is 14.9. The first-order valence-corrected chi connectivity index (χ1v) is 10.2. The third kappa shape index (κ3) is 3.96. The maximum atomic E-state index is 12.7. The number of carbonyl (C=O) groups excluding carboxylic acids is 1. The Kier molecular flexibility index (Phi) is 5.21. The average molecular weight is 480 g/mol. The van der Waals surface area contributed by atoms with E-state index in [1.54, 1.807) is 6.20 Å². The van der Waals surface area contributed by atoms with Gasteiger partial charge in [0.05, 0.1) is 5.52 Å². The van der Waals surface area contributed by atoms with Crippen LogP contribution in [0.25, 0.3) is 22.0 Å². The molecule has 1 aromatic heterocycles. The van der Waals surface area contributed by atoms with E-state index >= 15 is 0 Å². The summed E-state index contributed by atoms with van der Waals surface area (Å²) in [6.45, 7) is 0.